The van der Waals surface area contributed by atoms with Crippen molar-refractivity contribution in [2.45, 2.75) is 25.7 Å². The van der Waals surface area contributed by atoms with Gasteiger partial charge in [0.25, 0.3) is 0 Å². The molecule has 0 aliphatic heterocycles. The average molecular weight is 218 g/mol. The summed E-state index contributed by atoms with van der Waals surface area (Å²) >= 11 is 1.95. The molecule has 78 valence electrons. The van der Waals surface area contributed by atoms with E-state index in [-0.39, 0.29) is 0 Å². The fourth-order valence-electron chi connectivity index (χ4n) is 2.45. The molecule has 1 nitrogen and oxygen atoms in total. The Hall–Kier alpha value is -1.02. The first-order valence-corrected chi connectivity index (χ1v) is 6.29. The van der Waals surface area contributed by atoms with Crippen LogP contribution in [0, 0.1) is 0 Å². The van der Waals surface area contributed by atoms with Gasteiger partial charge in [0.1, 0.15) is 5.75 Å². The number of ether oxygens (including phenoxy) is 1. The van der Waals surface area contributed by atoms with E-state index in [4.69, 9.17) is 4.74 Å². The summed E-state index contributed by atoms with van der Waals surface area (Å²) in [5.74, 6) is 1.05. The highest BCUT2D eigenvalue weighted by molar-refractivity contribution is 7.19. The lowest BCUT2D eigenvalue weighted by molar-refractivity contribution is 0.419. The zero-order chi connectivity index (χ0) is 10.3. The molecule has 1 aliphatic rings. The molecule has 1 aliphatic carbocycles. The molecule has 1 heterocycles. The Bertz CT molecular complexity index is 498. The van der Waals surface area contributed by atoms with Crippen LogP contribution in [-0.4, -0.2) is 7.11 Å². The van der Waals surface area contributed by atoms with E-state index in [1.54, 1.807) is 17.6 Å². The van der Waals surface area contributed by atoms with Crippen LogP contribution in [0.15, 0.2) is 18.2 Å². The number of aryl methyl sites for hydroxylation is 2. The van der Waals surface area contributed by atoms with Crippen molar-refractivity contribution in [1.29, 1.82) is 0 Å². The van der Waals surface area contributed by atoms with Gasteiger partial charge in [-0.1, -0.05) is 6.07 Å². The quantitative estimate of drug-likeness (QED) is 0.707. The molecule has 0 spiro atoms. The summed E-state index contributed by atoms with van der Waals surface area (Å²) in [6.45, 7) is 0. The van der Waals surface area contributed by atoms with Crippen LogP contribution in [0.2, 0.25) is 0 Å². The van der Waals surface area contributed by atoms with Gasteiger partial charge in [0.05, 0.1) is 7.11 Å². The van der Waals surface area contributed by atoms with Crippen LogP contribution in [-0.2, 0) is 12.8 Å². The number of hydrogen-bond acceptors (Lipinski definition) is 2. The maximum absolute atomic E-state index is 5.46. The molecular formula is C13H14OS. The summed E-state index contributed by atoms with van der Waals surface area (Å²) in [6.07, 6.45) is 5.17. The van der Waals surface area contributed by atoms with Gasteiger partial charge < -0.3 is 4.74 Å². The van der Waals surface area contributed by atoms with Crippen molar-refractivity contribution in [3.05, 3.63) is 28.6 Å². The number of hydrogen-bond donors (Lipinski definition) is 0. The first-order chi connectivity index (χ1) is 7.40. The Labute approximate surface area is 93.7 Å². The van der Waals surface area contributed by atoms with E-state index in [1.807, 2.05) is 11.3 Å². The molecule has 0 radical (unpaired) electrons. The maximum atomic E-state index is 5.46. The minimum absolute atomic E-state index is 1.05. The third-order valence-corrected chi connectivity index (χ3v) is 4.42. The van der Waals surface area contributed by atoms with Gasteiger partial charge >= 0.3 is 0 Å². The molecule has 1 aromatic heterocycles. The monoisotopic (exact) mass is 218 g/mol. The Morgan fingerprint density at radius 3 is 2.93 bits per heavy atom. The minimum atomic E-state index is 1.05. The predicted octanol–water partition coefficient (Wildman–Crippen LogP) is 3.79. The zero-order valence-electron chi connectivity index (χ0n) is 8.88. The van der Waals surface area contributed by atoms with Crippen molar-refractivity contribution < 1.29 is 4.74 Å². The molecule has 0 atom stereocenters. The number of thiophene rings is 1. The highest BCUT2D eigenvalue weighted by Gasteiger charge is 2.18. The van der Waals surface area contributed by atoms with Gasteiger partial charge in [0.15, 0.2) is 0 Å². The van der Waals surface area contributed by atoms with E-state index in [1.165, 1.54) is 35.8 Å². The molecule has 2 heteroatoms. The fraction of sp³-hybridized carbons (Fsp3) is 0.385. The van der Waals surface area contributed by atoms with Crippen molar-refractivity contribution in [3.63, 3.8) is 0 Å². The summed E-state index contributed by atoms with van der Waals surface area (Å²) in [5, 5.41) is 1.37. The number of rotatable bonds is 1. The number of benzene rings is 1. The normalized spacial score (nSPS) is 15.3. The summed E-state index contributed by atoms with van der Waals surface area (Å²) in [4.78, 5) is 1.58. The molecule has 0 N–H and O–H groups in total. The number of methoxy groups -OCH3 is 1. The summed E-state index contributed by atoms with van der Waals surface area (Å²) in [5.41, 5.74) is 1.55. The standard InChI is InChI=1S/C13H14OS/c1-14-10-6-4-8-12-13(10)9-5-2-3-7-11(9)15-12/h4,6,8H,2-3,5,7H2,1H3. The number of fused-ring (bicyclic) bond motifs is 3. The highest BCUT2D eigenvalue weighted by atomic mass is 32.1. The van der Waals surface area contributed by atoms with Crippen LogP contribution in [0.3, 0.4) is 0 Å². The predicted molar refractivity (Wildman–Crippen MR) is 65.0 cm³/mol. The van der Waals surface area contributed by atoms with E-state index < -0.39 is 0 Å². The van der Waals surface area contributed by atoms with Crippen LogP contribution in [0.5, 0.6) is 5.75 Å². The lowest BCUT2D eigenvalue weighted by Gasteiger charge is -2.11. The molecule has 0 saturated heterocycles. The van der Waals surface area contributed by atoms with Gasteiger partial charge in [0, 0.05) is 15.0 Å². The van der Waals surface area contributed by atoms with E-state index in [2.05, 4.69) is 18.2 Å². The Morgan fingerprint density at radius 1 is 1.20 bits per heavy atom. The summed E-state index contributed by atoms with van der Waals surface area (Å²) < 4.78 is 6.85. The van der Waals surface area contributed by atoms with Gasteiger partial charge in [-0.2, -0.15) is 0 Å². The van der Waals surface area contributed by atoms with Crippen LogP contribution >= 0.6 is 11.3 Å². The molecule has 3 rings (SSSR count). The maximum Gasteiger partial charge on any atom is 0.127 e. The van der Waals surface area contributed by atoms with Crippen LogP contribution in [0.1, 0.15) is 23.3 Å². The SMILES string of the molecule is COc1cccc2sc3c(c12)CCCC3. The Morgan fingerprint density at radius 2 is 2.07 bits per heavy atom. The van der Waals surface area contributed by atoms with Gasteiger partial charge in [-0.05, 0) is 43.4 Å². The third-order valence-electron chi connectivity index (χ3n) is 3.16. The van der Waals surface area contributed by atoms with Gasteiger partial charge in [-0.25, -0.2) is 0 Å². The average Bonchev–Trinajstić information content (AvgIpc) is 2.67. The second-order valence-corrected chi connectivity index (χ2v) is 5.18. The fourth-order valence-corrected chi connectivity index (χ4v) is 3.76. The third kappa shape index (κ3) is 1.36. The van der Waals surface area contributed by atoms with Crippen molar-refractivity contribution in [2.24, 2.45) is 0 Å². The molecule has 0 unspecified atom stereocenters. The highest BCUT2D eigenvalue weighted by Crippen LogP contribution is 2.40. The van der Waals surface area contributed by atoms with Gasteiger partial charge in [0.2, 0.25) is 0 Å². The lowest BCUT2D eigenvalue weighted by Crippen LogP contribution is -1.98. The molecule has 0 bridgehead atoms. The van der Waals surface area contributed by atoms with Gasteiger partial charge in [-0.15, -0.1) is 11.3 Å². The first kappa shape index (κ1) is 9.22. The second kappa shape index (κ2) is 3.53. The summed E-state index contributed by atoms with van der Waals surface area (Å²) in [6, 6.07) is 6.37. The second-order valence-electron chi connectivity index (χ2n) is 4.04. The first-order valence-electron chi connectivity index (χ1n) is 5.47. The van der Waals surface area contributed by atoms with Crippen molar-refractivity contribution >= 4 is 21.4 Å². The van der Waals surface area contributed by atoms with Crippen LogP contribution in [0.4, 0.5) is 0 Å². The molecule has 0 saturated carbocycles. The Balaban J connectivity index is 2.33. The topological polar surface area (TPSA) is 9.23 Å². The van der Waals surface area contributed by atoms with E-state index in [9.17, 15) is 0 Å². The minimum Gasteiger partial charge on any atom is -0.496 e. The van der Waals surface area contributed by atoms with Crippen molar-refractivity contribution in [3.8, 4) is 5.75 Å². The lowest BCUT2D eigenvalue weighted by atomic mass is 9.96. The smallest absolute Gasteiger partial charge is 0.127 e. The van der Waals surface area contributed by atoms with Crippen molar-refractivity contribution in [2.75, 3.05) is 7.11 Å². The van der Waals surface area contributed by atoms with E-state index in [0.717, 1.165) is 5.75 Å². The molecule has 1 aromatic carbocycles. The molecule has 15 heavy (non-hydrogen) atoms. The molecule has 0 amide bonds. The largest absolute Gasteiger partial charge is 0.496 e. The summed E-state index contributed by atoms with van der Waals surface area (Å²) in [7, 11) is 1.77. The van der Waals surface area contributed by atoms with E-state index in [0.29, 0.717) is 0 Å². The van der Waals surface area contributed by atoms with Crippen LogP contribution < -0.4 is 4.74 Å². The zero-order valence-corrected chi connectivity index (χ0v) is 9.69. The molecule has 0 fully saturated rings. The molecular weight excluding hydrogens is 204 g/mol. The Kier molecular flexibility index (Phi) is 2.17. The molecule has 2 aromatic rings. The van der Waals surface area contributed by atoms with Gasteiger partial charge in [-0.3, -0.25) is 0 Å². The van der Waals surface area contributed by atoms with Crippen LogP contribution in [0.25, 0.3) is 10.1 Å². The van der Waals surface area contributed by atoms with E-state index >= 15 is 0 Å². The van der Waals surface area contributed by atoms with Crippen molar-refractivity contribution in [1.82, 2.24) is 0 Å².